The summed E-state index contributed by atoms with van der Waals surface area (Å²) in [5.74, 6) is -1.06. The second-order valence-corrected chi connectivity index (χ2v) is 8.62. The molecule has 8 nitrogen and oxygen atoms in total. The number of ether oxygens (including phenoxy) is 1. The van der Waals surface area contributed by atoms with Gasteiger partial charge in [-0.15, -0.1) is 0 Å². The molecule has 1 amide bonds. The standard InChI is InChI=1S/C23H19FN4O4S/c1-31-22(30)18-6-3-9-28(18)21(29)19-12-17(27-32-19)13-4-2-5-15(10-13)25-23-26-16-8-7-14(24)11-20(16)33-23/h2,4-5,7-8,10-12,18H,3,6,9H2,1H3,(H,25,26)/t18-/m0/s1. The van der Waals surface area contributed by atoms with Crippen molar-refractivity contribution < 1.29 is 23.2 Å². The Hall–Kier alpha value is -3.79. The van der Waals surface area contributed by atoms with Crippen LogP contribution < -0.4 is 5.32 Å². The van der Waals surface area contributed by atoms with E-state index in [-0.39, 0.29) is 11.6 Å². The number of likely N-dealkylation sites (tertiary alicyclic amines) is 1. The van der Waals surface area contributed by atoms with E-state index in [4.69, 9.17) is 9.26 Å². The van der Waals surface area contributed by atoms with Crippen molar-refractivity contribution in [1.29, 1.82) is 0 Å². The van der Waals surface area contributed by atoms with Gasteiger partial charge in [-0.3, -0.25) is 4.79 Å². The lowest BCUT2D eigenvalue weighted by molar-refractivity contribution is -0.145. The first-order valence-electron chi connectivity index (χ1n) is 10.3. The van der Waals surface area contributed by atoms with Crippen LogP contribution in [-0.4, -0.2) is 46.6 Å². The molecule has 0 saturated carbocycles. The molecule has 4 aromatic rings. The lowest BCUT2D eigenvalue weighted by Gasteiger charge is -2.20. The zero-order valence-corrected chi connectivity index (χ0v) is 18.4. The molecule has 1 N–H and O–H groups in total. The van der Waals surface area contributed by atoms with Crippen molar-refractivity contribution >= 4 is 44.2 Å². The molecule has 2 aromatic carbocycles. The van der Waals surface area contributed by atoms with Crippen LogP contribution in [0.5, 0.6) is 0 Å². The molecule has 1 aliphatic rings. The average Bonchev–Trinajstić information content (AvgIpc) is 3.57. The van der Waals surface area contributed by atoms with Gasteiger partial charge in [0, 0.05) is 23.9 Å². The predicted molar refractivity (Wildman–Crippen MR) is 121 cm³/mol. The lowest BCUT2D eigenvalue weighted by Crippen LogP contribution is -2.40. The van der Waals surface area contributed by atoms with Crippen molar-refractivity contribution in [3.63, 3.8) is 0 Å². The summed E-state index contributed by atoms with van der Waals surface area (Å²) in [5.41, 5.74) is 2.70. The number of nitrogens with one attached hydrogen (secondary N) is 1. The van der Waals surface area contributed by atoms with Gasteiger partial charge in [-0.25, -0.2) is 14.2 Å². The van der Waals surface area contributed by atoms with Gasteiger partial charge in [-0.2, -0.15) is 0 Å². The SMILES string of the molecule is COC(=O)[C@@H]1CCCN1C(=O)c1cc(-c2cccc(Nc3nc4ccc(F)cc4s3)c2)no1. The number of hydrogen-bond acceptors (Lipinski definition) is 8. The number of rotatable bonds is 5. The van der Waals surface area contributed by atoms with E-state index < -0.39 is 17.9 Å². The number of esters is 1. The molecule has 0 radical (unpaired) electrons. The molecular formula is C23H19FN4O4S. The molecule has 168 valence electrons. The lowest BCUT2D eigenvalue weighted by atomic mass is 10.1. The van der Waals surface area contributed by atoms with Gasteiger partial charge in [0.1, 0.15) is 17.6 Å². The topological polar surface area (TPSA) is 97.6 Å². The summed E-state index contributed by atoms with van der Waals surface area (Å²) in [6.45, 7) is 0.458. The maximum atomic E-state index is 13.4. The highest BCUT2D eigenvalue weighted by atomic mass is 32.1. The molecule has 3 heterocycles. The minimum atomic E-state index is -0.606. The Kier molecular flexibility index (Phi) is 5.51. The second-order valence-electron chi connectivity index (χ2n) is 7.59. The van der Waals surface area contributed by atoms with Crippen molar-refractivity contribution in [2.45, 2.75) is 18.9 Å². The van der Waals surface area contributed by atoms with Crippen molar-refractivity contribution in [3.05, 3.63) is 60.1 Å². The van der Waals surface area contributed by atoms with E-state index in [1.807, 2.05) is 24.3 Å². The van der Waals surface area contributed by atoms with Crippen LogP contribution in [0.15, 0.2) is 53.1 Å². The Morgan fingerprint density at radius 3 is 2.97 bits per heavy atom. The number of aromatic nitrogens is 2. The normalized spacial score (nSPS) is 15.7. The molecule has 10 heteroatoms. The van der Waals surface area contributed by atoms with Crippen molar-refractivity contribution in [1.82, 2.24) is 15.0 Å². The van der Waals surface area contributed by atoms with E-state index in [1.54, 1.807) is 12.1 Å². The Morgan fingerprint density at radius 2 is 2.12 bits per heavy atom. The molecule has 0 spiro atoms. The van der Waals surface area contributed by atoms with Gasteiger partial charge in [0.05, 0.1) is 17.3 Å². The fourth-order valence-electron chi connectivity index (χ4n) is 3.88. The molecule has 5 rings (SSSR count). The van der Waals surface area contributed by atoms with Crippen molar-refractivity contribution in [2.24, 2.45) is 0 Å². The molecule has 2 aromatic heterocycles. The smallest absolute Gasteiger partial charge is 0.328 e. The molecule has 0 unspecified atom stereocenters. The first-order valence-corrected chi connectivity index (χ1v) is 11.1. The number of halogens is 1. The third-order valence-corrected chi connectivity index (χ3v) is 6.40. The Bertz CT molecular complexity index is 1350. The molecule has 1 atom stereocenters. The number of methoxy groups -OCH3 is 1. The second kappa shape index (κ2) is 8.62. The molecular weight excluding hydrogens is 447 g/mol. The summed E-state index contributed by atoms with van der Waals surface area (Å²) in [6.07, 6.45) is 1.28. The fraction of sp³-hybridized carbons (Fsp3) is 0.217. The summed E-state index contributed by atoms with van der Waals surface area (Å²) in [4.78, 5) is 30.8. The van der Waals surface area contributed by atoms with Crippen molar-refractivity contribution in [2.75, 3.05) is 19.0 Å². The van der Waals surface area contributed by atoms with Crippen molar-refractivity contribution in [3.8, 4) is 11.3 Å². The molecule has 33 heavy (non-hydrogen) atoms. The summed E-state index contributed by atoms with van der Waals surface area (Å²) < 4.78 is 24.3. The van der Waals surface area contributed by atoms with Crippen LogP contribution in [-0.2, 0) is 9.53 Å². The highest BCUT2D eigenvalue weighted by Gasteiger charge is 2.36. The molecule has 0 bridgehead atoms. The highest BCUT2D eigenvalue weighted by molar-refractivity contribution is 7.22. The van der Waals surface area contributed by atoms with Crippen LogP contribution in [0.2, 0.25) is 0 Å². The summed E-state index contributed by atoms with van der Waals surface area (Å²) in [7, 11) is 1.31. The Morgan fingerprint density at radius 1 is 1.24 bits per heavy atom. The predicted octanol–water partition coefficient (Wildman–Crippen LogP) is 4.61. The maximum absolute atomic E-state index is 13.4. The van der Waals surface area contributed by atoms with E-state index >= 15 is 0 Å². The van der Waals surface area contributed by atoms with E-state index in [9.17, 15) is 14.0 Å². The monoisotopic (exact) mass is 466 g/mol. The molecule has 0 aliphatic carbocycles. The Labute approximate surface area is 192 Å². The van der Waals surface area contributed by atoms with Gasteiger partial charge in [-0.1, -0.05) is 28.6 Å². The number of hydrogen-bond donors (Lipinski definition) is 1. The first-order chi connectivity index (χ1) is 16.0. The summed E-state index contributed by atoms with van der Waals surface area (Å²) in [6, 6.07) is 12.8. The minimum absolute atomic E-state index is 0.0624. The molecule has 1 fully saturated rings. The van der Waals surface area contributed by atoms with E-state index in [2.05, 4.69) is 15.5 Å². The Balaban J connectivity index is 1.35. The number of thiazole rings is 1. The largest absolute Gasteiger partial charge is 0.467 e. The zero-order valence-electron chi connectivity index (χ0n) is 17.6. The maximum Gasteiger partial charge on any atom is 0.328 e. The summed E-state index contributed by atoms with van der Waals surface area (Å²) >= 11 is 1.35. The average molecular weight is 466 g/mol. The van der Waals surface area contributed by atoms with Crippen LogP contribution in [0.3, 0.4) is 0 Å². The molecule has 1 saturated heterocycles. The van der Waals surface area contributed by atoms with Crippen LogP contribution in [0, 0.1) is 5.82 Å². The van der Waals surface area contributed by atoms with Crippen LogP contribution in [0.25, 0.3) is 21.5 Å². The quantitative estimate of drug-likeness (QED) is 0.429. The third kappa shape index (κ3) is 4.17. The van der Waals surface area contributed by atoms with Crippen LogP contribution >= 0.6 is 11.3 Å². The first kappa shape index (κ1) is 21.1. The van der Waals surface area contributed by atoms with E-state index in [1.165, 1.54) is 35.5 Å². The van der Waals surface area contributed by atoms with Gasteiger partial charge < -0.3 is 19.5 Å². The van der Waals surface area contributed by atoms with Crippen LogP contribution in [0.1, 0.15) is 23.4 Å². The number of nitrogens with zero attached hydrogens (tertiary/aromatic N) is 3. The number of carbonyl (C=O) groups is 2. The van der Waals surface area contributed by atoms with Gasteiger partial charge in [0.15, 0.2) is 5.13 Å². The number of anilines is 2. The highest BCUT2D eigenvalue weighted by Crippen LogP contribution is 2.31. The third-order valence-electron chi connectivity index (χ3n) is 5.47. The van der Waals surface area contributed by atoms with Gasteiger partial charge >= 0.3 is 5.97 Å². The van der Waals surface area contributed by atoms with E-state index in [0.29, 0.717) is 29.3 Å². The summed E-state index contributed by atoms with van der Waals surface area (Å²) in [5, 5.41) is 7.89. The fourth-order valence-corrected chi connectivity index (χ4v) is 4.79. The van der Waals surface area contributed by atoms with Gasteiger partial charge in [-0.05, 0) is 43.2 Å². The van der Waals surface area contributed by atoms with Gasteiger partial charge in [0.2, 0.25) is 5.76 Å². The molecule has 1 aliphatic heterocycles. The zero-order chi connectivity index (χ0) is 22.9. The number of amides is 1. The van der Waals surface area contributed by atoms with Crippen LogP contribution in [0.4, 0.5) is 15.2 Å². The number of benzene rings is 2. The minimum Gasteiger partial charge on any atom is -0.467 e. The number of fused-ring (bicyclic) bond motifs is 1. The number of carbonyl (C=O) groups excluding carboxylic acids is 2. The van der Waals surface area contributed by atoms with E-state index in [0.717, 1.165) is 22.4 Å². The van der Waals surface area contributed by atoms with Gasteiger partial charge in [0.25, 0.3) is 5.91 Å².